The Morgan fingerprint density at radius 2 is 2.21 bits per heavy atom. The van der Waals surface area contributed by atoms with Crippen LogP contribution >= 0.6 is 0 Å². The predicted molar refractivity (Wildman–Crippen MR) is 88.8 cm³/mol. The molecule has 1 aliphatic heterocycles. The highest BCUT2D eigenvalue weighted by molar-refractivity contribution is 5.94. The minimum atomic E-state index is -0.281. The first-order valence-corrected chi connectivity index (χ1v) is 8.04. The maximum Gasteiger partial charge on any atom is 0.272 e. The topological polar surface area (TPSA) is 89.0 Å². The van der Waals surface area contributed by atoms with E-state index in [-0.39, 0.29) is 30.2 Å². The van der Waals surface area contributed by atoms with Gasteiger partial charge in [0.25, 0.3) is 11.5 Å². The summed E-state index contributed by atoms with van der Waals surface area (Å²) in [7, 11) is 1.72. The van der Waals surface area contributed by atoms with Crippen LogP contribution in [0.2, 0.25) is 0 Å². The molecule has 24 heavy (non-hydrogen) atoms. The molecule has 2 aromatic heterocycles. The Kier molecular flexibility index (Phi) is 4.28. The van der Waals surface area contributed by atoms with Gasteiger partial charge in [-0.05, 0) is 26.8 Å². The van der Waals surface area contributed by atoms with Gasteiger partial charge in [-0.3, -0.25) is 14.7 Å². The number of nitrogens with one attached hydrogen (secondary N) is 2. The minimum Gasteiger partial charge on any atom is -0.369 e. The van der Waals surface area contributed by atoms with Crippen LogP contribution in [-0.2, 0) is 24.8 Å². The van der Waals surface area contributed by atoms with Crippen LogP contribution in [0.15, 0.2) is 16.9 Å². The summed E-state index contributed by atoms with van der Waals surface area (Å²) in [6.45, 7) is 5.95. The Morgan fingerprint density at radius 3 is 2.96 bits per heavy atom. The van der Waals surface area contributed by atoms with Crippen molar-refractivity contribution in [3.05, 3.63) is 50.7 Å². The molecule has 2 atom stereocenters. The Hall–Kier alpha value is -2.41. The first-order chi connectivity index (χ1) is 11.4. The summed E-state index contributed by atoms with van der Waals surface area (Å²) in [5.41, 5.74) is 3.45. The van der Waals surface area contributed by atoms with Gasteiger partial charge in [0.1, 0.15) is 0 Å². The van der Waals surface area contributed by atoms with Crippen LogP contribution in [-0.4, -0.2) is 26.8 Å². The molecule has 0 radical (unpaired) electrons. The monoisotopic (exact) mass is 330 g/mol. The van der Waals surface area contributed by atoms with Crippen LogP contribution in [0, 0.1) is 6.92 Å². The fraction of sp³-hybridized carbons (Fsp3) is 0.471. The van der Waals surface area contributed by atoms with Crippen molar-refractivity contribution < 1.29 is 9.53 Å². The normalized spacial score (nSPS) is 19.8. The van der Waals surface area contributed by atoms with Crippen LogP contribution in [0.1, 0.15) is 53.0 Å². The SMILES string of the molecule is Cc1ccc(CNC(=O)c2n[nH]c3c2C[C@@H](C)O[C@H]3C)c(=O)n1C. The van der Waals surface area contributed by atoms with Crippen molar-refractivity contribution in [3.8, 4) is 0 Å². The smallest absolute Gasteiger partial charge is 0.272 e. The first kappa shape index (κ1) is 16.4. The maximum absolute atomic E-state index is 12.5. The van der Waals surface area contributed by atoms with Gasteiger partial charge >= 0.3 is 0 Å². The maximum atomic E-state index is 12.5. The second kappa shape index (κ2) is 6.24. The Morgan fingerprint density at radius 1 is 1.46 bits per heavy atom. The van der Waals surface area contributed by atoms with E-state index in [1.807, 2.05) is 26.8 Å². The summed E-state index contributed by atoms with van der Waals surface area (Å²) in [5.74, 6) is -0.281. The number of H-pyrrole nitrogens is 1. The van der Waals surface area contributed by atoms with Crippen molar-refractivity contribution in [2.45, 2.75) is 45.9 Å². The van der Waals surface area contributed by atoms with Crippen molar-refractivity contribution in [1.29, 1.82) is 0 Å². The molecule has 0 unspecified atom stereocenters. The molecule has 3 heterocycles. The van der Waals surface area contributed by atoms with E-state index in [1.165, 1.54) is 0 Å². The molecule has 128 valence electrons. The summed E-state index contributed by atoms with van der Waals surface area (Å²) < 4.78 is 7.30. The lowest BCUT2D eigenvalue weighted by atomic mass is 9.99. The van der Waals surface area contributed by atoms with Crippen molar-refractivity contribution in [3.63, 3.8) is 0 Å². The molecule has 0 spiro atoms. The van der Waals surface area contributed by atoms with Gasteiger partial charge in [0, 0.05) is 36.8 Å². The van der Waals surface area contributed by atoms with Crippen molar-refractivity contribution in [1.82, 2.24) is 20.1 Å². The van der Waals surface area contributed by atoms with Gasteiger partial charge in [-0.25, -0.2) is 0 Å². The van der Waals surface area contributed by atoms with E-state index < -0.39 is 0 Å². The number of rotatable bonds is 3. The largest absolute Gasteiger partial charge is 0.369 e. The summed E-state index contributed by atoms with van der Waals surface area (Å²) in [6, 6.07) is 3.61. The van der Waals surface area contributed by atoms with Crippen molar-refractivity contribution in [2.75, 3.05) is 0 Å². The van der Waals surface area contributed by atoms with E-state index in [9.17, 15) is 9.59 Å². The van der Waals surface area contributed by atoms with E-state index in [0.717, 1.165) is 17.0 Å². The summed E-state index contributed by atoms with van der Waals surface area (Å²) >= 11 is 0. The van der Waals surface area contributed by atoms with Crippen LogP contribution in [0.4, 0.5) is 0 Å². The number of aromatic nitrogens is 3. The van der Waals surface area contributed by atoms with Crippen molar-refractivity contribution in [2.24, 2.45) is 7.05 Å². The molecule has 1 aliphatic rings. The van der Waals surface area contributed by atoms with Crippen molar-refractivity contribution >= 4 is 5.91 Å². The number of aryl methyl sites for hydroxylation is 1. The molecule has 7 heteroatoms. The number of ether oxygens (including phenoxy) is 1. The van der Waals surface area contributed by atoms with E-state index in [4.69, 9.17) is 4.74 Å². The Balaban J connectivity index is 1.78. The number of carbonyl (C=O) groups is 1. The van der Waals surface area contributed by atoms with E-state index in [2.05, 4.69) is 15.5 Å². The van der Waals surface area contributed by atoms with Gasteiger partial charge in [-0.1, -0.05) is 6.07 Å². The third-order valence-corrected chi connectivity index (χ3v) is 4.52. The van der Waals surface area contributed by atoms with E-state index >= 15 is 0 Å². The highest BCUT2D eigenvalue weighted by atomic mass is 16.5. The zero-order valence-electron chi connectivity index (χ0n) is 14.3. The second-order valence-corrected chi connectivity index (χ2v) is 6.30. The molecular weight excluding hydrogens is 308 g/mol. The molecule has 2 aromatic rings. The molecule has 0 aromatic carbocycles. The number of amides is 1. The minimum absolute atomic E-state index is 0.0426. The number of fused-ring (bicyclic) bond motifs is 1. The van der Waals surface area contributed by atoms with Crippen LogP contribution in [0.25, 0.3) is 0 Å². The summed E-state index contributed by atoms with van der Waals surface area (Å²) in [6.07, 6.45) is 0.578. The van der Waals surface area contributed by atoms with Gasteiger partial charge in [-0.2, -0.15) is 5.10 Å². The summed E-state index contributed by atoms with van der Waals surface area (Å²) in [4.78, 5) is 24.7. The van der Waals surface area contributed by atoms with E-state index in [0.29, 0.717) is 17.7 Å². The lowest BCUT2D eigenvalue weighted by Gasteiger charge is -2.25. The highest BCUT2D eigenvalue weighted by Gasteiger charge is 2.29. The number of nitrogens with zero attached hydrogens (tertiary/aromatic N) is 2. The molecule has 1 amide bonds. The number of carbonyl (C=O) groups excluding carboxylic acids is 1. The van der Waals surface area contributed by atoms with Gasteiger partial charge in [0.2, 0.25) is 0 Å². The quantitative estimate of drug-likeness (QED) is 0.889. The predicted octanol–water partition coefficient (Wildman–Crippen LogP) is 1.37. The molecule has 7 nitrogen and oxygen atoms in total. The van der Waals surface area contributed by atoms with Gasteiger partial charge < -0.3 is 14.6 Å². The molecule has 0 saturated heterocycles. The fourth-order valence-corrected chi connectivity index (χ4v) is 3.04. The lowest BCUT2D eigenvalue weighted by molar-refractivity contribution is -0.00697. The van der Waals surface area contributed by atoms with Gasteiger partial charge in [-0.15, -0.1) is 0 Å². The standard InChI is InChI=1S/C17H22N4O3/c1-9-5-6-12(17(23)21(9)4)8-18-16(22)15-13-7-10(2)24-11(3)14(13)19-20-15/h5-6,10-11H,7-8H2,1-4H3,(H,18,22)(H,19,20)/t10-,11+/m1/s1. The van der Waals surface area contributed by atoms with Crippen LogP contribution in [0.5, 0.6) is 0 Å². The third-order valence-electron chi connectivity index (χ3n) is 4.52. The van der Waals surface area contributed by atoms with E-state index in [1.54, 1.807) is 17.7 Å². The molecule has 3 rings (SSSR count). The number of aromatic amines is 1. The third kappa shape index (κ3) is 2.87. The number of pyridine rings is 1. The lowest BCUT2D eigenvalue weighted by Crippen LogP contribution is -2.31. The zero-order valence-corrected chi connectivity index (χ0v) is 14.3. The highest BCUT2D eigenvalue weighted by Crippen LogP contribution is 2.29. The molecular formula is C17H22N4O3. The average molecular weight is 330 g/mol. The zero-order chi connectivity index (χ0) is 17.4. The molecule has 0 fully saturated rings. The van der Waals surface area contributed by atoms with Gasteiger partial charge in [0.15, 0.2) is 5.69 Å². The van der Waals surface area contributed by atoms with Gasteiger partial charge in [0.05, 0.1) is 17.9 Å². The average Bonchev–Trinajstić information content (AvgIpc) is 2.96. The molecule has 0 bridgehead atoms. The Bertz CT molecular complexity index is 837. The molecule has 0 aliphatic carbocycles. The summed E-state index contributed by atoms with van der Waals surface area (Å²) in [5, 5.41) is 9.84. The fourth-order valence-electron chi connectivity index (χ4n) is 3.04. The number of hydrogen-bond acceptors (Lipinski definition) is 4. The second-order valence-electron chi connectivity index (χ2n) is 6.30. The number of hydrogen-bond donors (Lipinski definition) is 2. The van der Waals surface area contributed by atoms with Crippen LogP contribution in [0.3, 0.4) is 0 Å². The first-order valence-electron chi connectivity index (χ1n) is 8.04. The molecule has 2 N–H and O–H groups in total. The Labute approximate surface area is 140 Å². The van der Waals surface area contributed by atoms with Crippen LogP contribution < -0.4 is 10.9 Å². The molecule has 0 saturated carbocycles.